The Kier molecular flexibility index (Phi) is 6.21. The van der Waals surface area contributed by atoms with Gasteiger partial charge in [0.15, 0.2) is 5.76 Å². The second-order valence-corrected chi connectivity index (χ2v) is 7.96. The first-order chi connectivity index (χ1) is 15.5. The first-order valence-electron chi connectivity index (χ1n) is 10.9. The second-order valence-electron chi connectivity index (χ2n) is 7.96. The summed E-state index contributed by atoms with van der Waals surface area (Å²) >= 11 is 0. The van der Waals surface area contributed by atoms with Gasteiger partial charge in [0.05, 0.1) is 5.71 Å². The van der Waals surface area contributed by atoms with E-state index in [0.717, 1.165) is 46.7 Å². The Balaban J connectivity index is 1.63. The van der Waals surface area contributed by atoms with Crippen LogP contribution in [0.5, 0.6) is 0 Å². The van der Waals surface area contributed by atoms with Gasteiger partial charge in [0, 0.05) is 35.3 Å². The van der Waals surface area contributed by atoms with Crippen molar-refractivity contribution in [3.8, 4) is 0 Å². The lowest BCUT2D eigenvalue weighted by molar-refractivity contribution is 0.0949. The third kappa shape index (κ3) is 4.21. The number of rotatable bonds is 5. The molecule has 0 unspecified atom stereocenters. The zero-order chi connectivity index (χ0) is 22.7. The van der Waals surface area contributed by atoms with Crippen molar-refractivity contribution < 1.29 is 14.0 Å². The number of carbonyl (C=O) groups excluding carboxylic acids is 2. The SMILES string of the molecule is CCN(C(=O)c1oc2c(c1C)/C(=N/NC(=O)c1ccccc1)CCC2)c1cccc(C)c1. The molecule has 0 bridgehead atoms. The summed E-state index contributed by atoms with van der Waals surface area (Å²) in [6.07, 6.45) is 2.31. The highest BCUT2D eigenvalue weighted by molar-refractivity contribution is 6.10. The van der Waals surface area contributed by atoms with E-state index in [0.29, 0.717) is 24.3 Å². The molecule has 0 aliphatic heterocycles. The van der Waals surface area contributed by atoms with Gasteiger partial charge in [0.1, 0.15) is 5.76 Å². The minimum Gasteiger partial charge on any atom is -0.455 e. The van der Waals surface area contributed by atoms with E-state index >= 15 is 0 Å². The molecule has 0 atom stereocenters. The molecule has 4 rings (SSSR count). The summed E-state index contributed by atoms with van der Waals surface area (Å²) in [6.45, 7) is 6.37. The molecule has 0 spiro atoms. The van der Waals surface area contributed by atoms with E-state index in [4.69, 9.17) is 4.42 Å². The molecule has 1 aromatic heterocycles. The van der Waals surface area contributed by atoms with Gasteiger partial charge in [-0.05, 0) is 63.4 Å². The van der Waals surface area contributed by atoms with Crippen molar-refractivity contribution in [3.63, 3.8) is 0 Å². The van der Waals surface area contributed by atoms with Crippen LogP contribution >= 0.6 is 0 Å². The molecular formula is C26H27N3O3. The molecule has 6 heteroatoms. The molecule has 2 aromatic carbocycles. The van der Waals surface area contributed by atoms with Crippen molar-refractivity contribution in [1.82, 2.24) is 5.43 Å². The van der Waals surface area contributed by atoms with Gasteiger partial charge in [-0.25, -0.2) is 5.43 Å². The summed E-state index contributed by atoms with van der Waals surface area (Å²) in [6, 6.07) is 16.8. The molecule has 1 aliphatic carbocycles. The minimum atomic E-state index is -0.265. The molecule has 32 heavy (non-hydrogen) atoms. The smallest absolute Gasteiger partial charge is 0.294 e. The van der Waals surface area contributed by atoms with Gasteiger partial charge in [-0.2, -0.15) is 5.10 Å². The number of aryl methyl sites for hydroxylation is 2. The van der Waals surface area contributed by atoms with Gasteiger partial charge < -0.3 is 9.32 Å². The number of amides is 2. The van der Waals surface area contributed by atoms with Crippen molar-refractivity contribution in [3.05, 3.63) is 88.4 Å². The Hall–Kier alpha value is -3.67. The third-order valence-electron chi connectivity index (χ3n) is 5.72. The Morgan fingerprint density at radius 2 is 1.84 bits per heavy atom. The molecule has 1 heterocycles. The number of hydrogen-bond donors (Lipinski definition) is 1. The molecule has 6 nitrogen and oxygen atoms in total. The highest BCUT2D eigenvalue weighted by atomic mass is 16.4. The average Bonchev–Trinajstić information content (AvgIpc) is 3.15. The van der Waals surface area contributed by atoms with Gasteiger partial charge >= 0.3 is 0 Å². The van der Waals surface area contributed by atoms with Crippen LogP contribution in [0.3, 0.4) is 0 Å². The zero-order valence-corrected chi connectivity index (χ0v) is 18.6. The van der Waals surface area contributed by atoms with Crippen LogP contribution in [0, 0.1) is 13.8 Å². The molecule has 3 aromatic rings. The summed E-state index contributed by atoms with van der Waals surface area (Å²) in [7, 11) is 0. The fourth-order valence-corrected chi connectivity index (χ4v) is 4.12. The zero-order valence-electron chi connectivity index (χ0n) is 18.6. The number of hydrazone groups is 1. The first kappa shape index (κ1) is 21.6. The minimum absolute atomic E-state index is 0.169. The van der Waals surface area contributed by atoms with Crippen molar-refractivity contribution >= 4 is 23.2 Å². The normalized spacial score (nSPS) is 14.2. The molecule has 0 fully saturated rings. The van der Waals surface area contributed by atoms with Crippen molar-refractivity contribution in [2.24, 2.45) is 5.10 Å². The summed E-state index contributed by atoms with van der Waals surface area (Å²) in [5.74, 6) is 0.657. The molecule has 0 radical (unpaired) electrons. The van der Waals surface area contributed by atoms with E-state index < -0.39 is 0 Å². The maximum atomic E-state index is 13.4. The van der Waals surface area contributed by atoms with E-state index in [1.165, 1.54) is 0 Å². The van der Waals surface area contributed by atoms with Crippen LogP contribution in [-0.4, -0.2) is 24.1 Å². The topological polar surface area (TPSA) is 74.9 Å². The first-order valence-corrected chi connectivity index (χ1v) is 10.9. The number of hydrogen-bond acceptors (Lipinski definition) is 4. The van der Waals surface area contributed by atoms with Crippen LogP contribution in [0.25, 0.3) is 0 Å². The van der Waals surface area contributed by atoms with Crippen LogP contribution in [0.1, 0.15) is 63.1 Å². The Labute approximate surface area is 187 Å². The number of nitrogens with one attached hydrogen (secondary N) is 1. The summed E-state index contributed by atoms with van der Waals surface area (Å²) in [4.78, 5) is 27.5. The largest absolute Gasteiger partial charge is 0.455 e. The predicted octanol–water partition coefficient (Wildman–Crippen LogP) is 5.03. The molecule has 0 saturated carbocycles. The Morgan fingerprint density at radius 1 is 1.06 bits per heavy atom. The fraction of sp³-hybridized carbons (Fsp3) is 0.269. The number of benzene rings is 2. The lowest BCUT2D eigenvalue weighted by Gasteiger charge is -2.20. The fourth-order valence-electron chi connectivity index (χ4n) is 4.12. The molecular weight excluding hydrogens is 402 g/mol. The van der Waals surface area contributed by atoms with Crippen LogP contribution in [0.2, 0.25) is 0 Å². The van der Waals surface area contributed by atoms with Crippen molar-refractivity contribution in [2.75, 3.05) is 11.4 Å². The number of fused-ring (bicyclic) bond motifs is 1. The second kappa shape index (κ2) is 9.22. The standard InChI is InChI=1S/C26H27N3O3/c1-4-29(20-13-8-10-17(2)16-20)26(31)24-18(3)23-21(14-9-15-22(23)32-24)27-28-25(30)19-11-6-5-7-12-19/h5-8,10-13,16H,4,9,14-15H2,1-3H3,(H,28,30)/b27-21+. The number of carbonyl (C=O) groups is 2. The molecule has 1 N–H and O–H groups in total. The summed E-state index contributed by atoms with van der Waals surface area (Å²) in [5.41, 5.74) is 7.49. The third-order valence-corrected chi connectivity index (χ3v) is 5.72. The maximum Gasteiger partial charge on any atom is 0.294 e. The predicted molar refractivity (Wildman–Crippen MR) is 125 cm³/mol. The van der Waals surface area contributed by atoms with Crippen LogP contribution in [-0.2, 0) is 6.42 Å². The van der Waals surface area contributed by atoms with Gasteiger partial charge in [-0.3, -0.25) is 9.59 Å². The Morgan fingerprint density at radius 3 is 2.56 bits per heavy atom. The number of furan rings is 1. The molecule has 164 valence electrons. The van der Waals surface area contributed by atoms with Crippen LogP contribution in [0.15, 0.2) is 64.1 Å². The summed E-state index contributed by atoms with van der Waals surface area (Å²) < 4.78 is 6.07. The molecule has 1 aliphatic rings. The highest BCUT2D eigenvalue weighted by Crippen LogP contribution is 2.31. The quantitative estimate of drug-likeness (QED) is 0.578. The van der Waals surface area contributed by atoms with Crippen LogP contribution in [0.4, 0.5) is 5.69 Å². The lowest BCUT2D eigenvalue weighted by atomic mass is 9.93. The van der Waals surface area contributed by atoms with Crippen molar-refractivity contribution in [2.45, 2.75) is 40.0 Å². The monoisotopic (exact) mass is 429 g/mol. The molecule has 2 amide bonds. The van der Waals surface area contributed by atoms with Gasteiger partial charge in [0.25, 0.3) is 11.8 Å². The van der Waals surface area contributed by atoms with Gasteiger partial charge in [-0.1, -0.05) is 30.3 Å². The van der Waals surface area contributed by atoms with E-state index in [1.54, 1.807) is 17.0 Å². The van der Waals surface area contributed by atoms with Crippen molar-refractivity contribution in [1.29, 1.82) is 0 Å². The van der Waals surface area contributed by atoms with Gasteiger partial charge in [-0.15, -0.1) is 0 Å². The lowest BCUT2D eigenvalue weighted by Crippen LogP contribution is -2.31. The number of nitrogens with zero attached hydrogens (tertiary/aromatic N) is 2. The maximum absolute atomic E-state index is 13.4. The van der Waals surface area contributed by atoms with E-state index in [-0.39, 0.29) is 11.8 Å². The van der Waals surface area contributed by atoms with Gasteiger partial charge in [0.2, 0.25) is 0 Å². The number of anilines is 1. The Bertz CT molecular complexity index is 1180. The van der Waals surface area contributed by atoms with E-state index in [9.17, 15) is 9.59 Å². The van der Waals surface area contributed by atoms with E-state index in [2.05, 4.69) is 10.5 Å². The molecule has 0 saturated heterocycles. The summed E-state index contributed by atoms with van der Waals surface area (Å²) in [5, 5.41) is 4.40. The van der Waals surface area contributed by atoms with Crippen LogP contribution < -0.4 is 10.3 Å². The average molecular weight is 430 g/mol. The highest BCUT2D eigenvalue weighted by Gasteiger charge is 2.30. The van der Waals surface area contributed by atoms with E-state index in [1.807, 2.05) is 63.2 Å².